The Balaban J connectivity index is 1.60. The van der Waals surface area contributed by atoms with Crippen molar-refractivity contribution in [3.63, 3.8) is 0 Å². The summed E-state index contributed by atoms with van der Waals surface area (Å²) in [5.41, 5.74) is 0.379. The summed E-state index contributed by atoms with van der Waals surface area (Å²) < 4.78 is 0. The predicted octanol–water partition coefficient (Wildman–Crippen LogP) is 6.63. The summed E-state index contributed by atoms with van der Waals surface area (Å²) in [4.78, 5) is 25.2. The van der Waals surface area contributed by atoms with E-state index < -0.39 is 5.41 Å². The van der Waals surface area contributed by atoms with Gasteiger partial charge in [0.25, 0.3) is 0 Å². The molecule has 9 unspecified atom stereocenters. The summed E-state index contributed by atoms with van der Waals surface area (Å²) in [7, 11) is 0. The fraction of sp³-hybridized carbons (Fsp3) is 0.871. The molecule has 0 heterocycles. The molecule has 0 aliphatic heterocycles. The smallest absolute Gasteiger partial charge is 0.171 e. The van der Waals surface area contributed by atoms with Gasteiger partial charge in [0.05, 0.1) is 5.57 Å². The molecule has 3 heteroatoms. The molecule has 3 nitrogen and oxygen atoms in total. The van der Waals surface area contributed by atoms with Crippen molar-refractivity contribution in [2.24, 2.45) is 62.6 Å². The molecule has 0 bridgehead atoms. The molecule has 9 atom stereocenters. The van der Waals surface area contributed by atoms with Crippen LogP contribution in [0.1, 0.15) is 99.8 Å². The maximum absolute atomic E-state index is 13.2. The SMILES string of the molecule is CC(C)C1CCC2(CO)CCC3(C)C(CCC4C5(C)C=C(C=O)C(=O)C(C)(C)C5CCC43C)C12. The van der Waals surface area contributed by atoms with Crippen molar-refractivity contribution in [1.29, 1.82) is 0 Å². The van der Waals surface area contributed by atoms with Crippen LogP contribution in [0.15, 0.2) is 11.6 Å². The van der Waals surface area contributed by atoms with Crippen LogP contribution < -0.4 is 0 Å². The number of allylic oxidation sites excluding steroid dienone is 2. The van der Waals surface area contributed by atoms with E-state index in [1.54, 1.807) is 0 Å². The number of fused-ring (bicyclic) bond motifs is 7. The summed E-state index contributed by atoms with van der Waals surface area (Å²) in [6, 6.07) is 0. The van der Waals surface area contributed by atoms with Crippen molar-refractivity contribution in [1.82, 2.24) is 0 Å². The van der Waals surface area contributed by atoms with Gasteiger partial charge in [0.2, 0.25) is 0 Å². The molecular weight excluding hydrogens is 420 g/mol. The fourth-order valence-electron chi connectivity index (χ4n) is 11.5. The molecule has 0 aromatic rings. The number of hydrogen-bond donors (Lipinski definition) is 1. The van der Waals surface area contributed by atoms with Crippen molar-refractivity contribution in [3.8, 4) is 0 Å². The summed E-state index contributed by atoms with van der Waals surface area (Å²) in [5, 5.41) is 10.7. The minimum absolute atomic E-state index is 0.0459. The van der Waals surface area contributed by atoms with Crippen LogP contribution in [-0.4, -0.2) is 23.8 Å². The first-order valence-electron chi connectivity index (χ1n) is 14.2. The number of aliphatic hydroxyl groups is 1. The molecule has 5 aliphatic rings. The Morgan fingerprint density at radius 1 is 0.941 bits per heavy atom. The van der Waals surface area contributed by atoms with E-state index in [0.717, 1.165) is 25.0 Å². The Morgan fingerprint density at radius 2 is 1.65 bits per heavy atom. The lowest BCUT2D eigenvalue weighted by molar-refractivity contribution is -0.224. The van der Waals surface area contributed by atoms with Crippen LogP contribution in [0.2, 0.25) is 0 Å². The average Bonchev–Trinajstić information content (AvgIpc) is 3.17. The molecule has 5 aliphatic carbocycles. The Labute approximate surface area is 207 Å². The van der Waals surface area contributed by atoms with Gasteiger partial charge in [-0.25, -0.2) is 0 Å². The van der Waals surface area contributed by atoms with Gasteiger partial charge in [0.1, 0.15) is 0 Å². The van der Waals surface area contributed by atoms with Crippen LogP contribution in [0, 0.1) is 62.6 Å². The quantitative estimate of drug-likeness (QED) is 0.373. The van der Waals surface area contributed by atoms with E-state index in [4.69, 9.17) is 0 Å². The second-order valence-electron chi connectivity index (χ2n) is 14.8. The highest BCUT2D eigenvalue weighted by Gasteiger charge is 2.70. The third-order valence-electron chi connectivity index (χ3n) is 13.3. The Hall–Kier alpha value is -0.960. The highest BCUT2D eigenvalue weighted by Crippen LogP contribution is 2.76. The number of carbonyl (C=O) groups is 2. The molecule has 34 heavy (non-hydrogen) atoms. The number of carbonyl (C=O) groups excluding carboxylic acids is 2. The lowest BCUT2D eigenvalue weighted by atomic mass is 9.32. The highest BCUT2D eigenvalue weighted by atomic mass is 16.3. The van der Waals surface area contributed by atoms with Gasteiger partial charge < -0.3 is 5.11 Å². The van der Waals surface area contributed by atoms with Gasteiger partial charge in [-0.2, -0.15) is 0 Å². The third kappa shape index (κ3) is 2.80. The number of Topliss-reactive ketones (excluding diaryl/α,β-unsaturated/α-hetero) is 1. The first-order valence-corrected chi connectivity index (χ1v) is 14.2. The molecule has 4 fully saturated rings. The maximum atomic E-state index is 13.2. The van der Waals surface area contributed by atoms with Crippen LogP contribution in [0.4, 0.5) is 0 Å². The first-order chi connectivity index (χ1) is 15.8. The molecule has 0 saturated heterocycles. The Kier molecular flexibility index (Phi) is 5.47. The van der Waals surface area contributed by atoms with Crippen LogP contribution in [0.5, 0.6) is 0 Å². The summed E-state index contributed by atoms with van der Waals surface area (Å²) in [6.07, 6.45) is 12.4. The predicted molar refractivity (Wildman–Crippen MR) is 136 cm³/mol. The van der Waals surface area contributed by atoms with Gasteiger partial charge in [-0.05, 0) is 109 Å². The number of rotatable bonds is 3. The number of aliphatic hydroxyl groups excluding tert-OH is 1. The second kappa shape index (κ2) is 7.53. The average molecular weight is 469 g/mol. The summed E-state index contributed by atoms with van der Waals surface area (Å²) >= 11 is 0. The van der Waals surface area contributed by atoms with Crippen molar-refractivity contribution in [2.75, 3.05) is 6.61 Å². The number of hydrogen-bond acceptors (Lipinski definition) is 3. The van der Waals surface area contributed by atoms with E-state index in [1.165, 1.54) is 38.5 Å². The van der Waals surface area contributed by atoms with Gasteiger partial charge in [-0.3, -0.25) is 9.59 Å². The standard InChI is InChI=1S/C31H48O3/c1-19(2)21-10-13-31(18-33)15-14-29(6)22(25(21)31)8-9-24-28(5)16-20(17-32)26(34)27(3,4)23(28)11-12-30(24,29)7/h16-17,19,21-25,33H,8-15,18H2,1-7H3. The number of aldehydes is 1. The molecule has 0 radical (unpaired) electrons. The topological polar surface area (TPSA) is 54.4 Å². The van der Waals surface area contributed by atoms with E-state index >= 15 is 0 Å². The Morgan fingerprint density at radius 3 is 2.26 bits per heavy atom. The van der Waals surface area contributed by atoms with E-state index in [0.29, 0.717) is 41.8 Å². The van der Waals surface area contributed by atoms with Crippen molar-refractivity contribution in [2.45, 2.75) is 99.8 Å². The number of ketones is 1. The molecule has 0 spiro atoms. The normalized spacial score (nSPS) is 51.7. The summed E-state index contributed by atoms with van der Waals surface area (Å²) in [5.74, 6) is 3.51. The molecule has 0 aromatic heterocycles. The van der Waals surface area contributed by atoms with Gasteiger partial charge >= 0.3 is 0 Å². The van der Waals surface area contributed by atoms with E-state index in [1.807, 2.05) is 0 Å². The zero-order chi connectivity index (χ0) is 24.9. The monoisotopic (exact) mass is 468 g/mol. The highest BCUT2D eigenvalue weighted by molar-refractivity contribution is 6.15. The van der Waals surface area contributed by atoms with Crippen LogP contribution in [0.25, 0.3) is 0 Å². The zero-order valence-corrected chi connectivity index (χ0v) is 22.7. The molecule has 0 aromatic carbocycles. The lowest BCUT2D eigenvalue weighted by Gasteiger charge is -2.71. The molecule has 5 rings (SSSR count). The third-order valence-corrected chi connectivity index (χ3v) is 13.3. The van der Waals surface area contributed by atoms with Gasteiger partial charge in [0.15, 0.2) is 12.1 Å². The van der Waals surface area contributed by atoms with E-state index in [-0.39, 0.29) is 27.4 Å². The van der Waals surface area contributed by atoms with E-state index in [9.17, 15) is 14.7 Å². The van der Waals surface area contributed by atoms with Gasteiger partial charge in [0, 0.05) is 12.0 Å². The maximum Gasteiger partial charge on any atom is 0.171 e. The van der Waals surface area contributed by atoms with Crippen LogP contribution in [0.3, 0.4) is 0 Å². The molecule has 190 valence electrons. The van der Waals surface area contributed by atoms with Crippen molar-refractivity contribution in [3.05, 3.63) is 11.6 Å². The molecule has 0 amide bonds. The second-order valence-corrected chi connectivity index (χ2v) is 14.8. The van der Waals surface area contributed by atoms with Crippen LogP contribution in [-0.2, 0) is 9.59 Å². The van der Waals surface area contributed by atoms with Gasteiger partial charge in [-0.1, -0.05) is 54.5 Å². The Bertz CT molecular complexity index is 916. The summed E-state index contributed by atoms with van der Waals surface area (Å²) in [6.45, 7) is 16.9. The first kappa shape index (κ1) is 24.7. The molecule has 1 N–H and O–H groups in total. The lowest BCUT2D eigenvalue weighted by Crippen LogP contribution is -2.66. The minimum atomic E-state index is -0.481. The van der Waals surface area contributed by atoms with Crippen molar-refractivity contribution >= 4 is 12.1 Å². The largest absolute Gasteiger partial charge is 0.396 e. The minimum Gasteiger partial charge on any atom is -0.396 e. The van der Waals surface area contributed by atoms with E-state index in [2.05, 4.69) is 54.5 Å². The molecule has 4 saturated carbocycles. The van der Waals surface area contributed by atoms with Crippen LogP contribution >= 0.6 is 0 Å². The molecular formula is C31H48O3. The zero-order valence-electron chi connectivity index (χ0n) is 22.7. The van der Waals surface area contributed by atoms with Crippen molar-refractivity contribution < 1.29 is 14.7 Å². The fourth-order valence-corrected chi connectivity index (χ4v) is 11.5. The van der Waals surface area contributed by atoms with Gasteiger partial charge in [-0.15, -0.1) is 0 Å².